The molecule has 160 valence electrons. The number of benzene rings is 2. The smallest absolute Gasteiger partial charge is 0.324 e. The zero-order valence-electron chi connectivity index (χ0n) is 16.6. The number of nitrogens with one attached hydrogen (secondary N) is 2. The van der Waals surface area contributed by atoms with Gasteiger partial charge in [0.05, 0.1) is 11.8 Å². The van der Waals surface area contributed by atoms with Crippen LogP contribution in [0.2, 0.25) is 0 Å². The lowest BCUT2D eigenvalue weighted by Crippen LogP contribution is -2.18. The van der Waals surface area contributed by atoms with Crippen LogP contribution in [0.1, 0.15) is 44.2 Å². The monoisotopic (exact) mass is 428 g/mol. The van der Waals surface area contributed by atoms with Crippen LogP contribution in [0.4, 0.5) is 24.5 Å². The quantitative estimate of drug-likeness (QED) is 0.635. The number of fused-ring (bicyclic) bond motifs is 1. The van der Waals surface area contributed by atoms with E-state index in [2.05, 4.69) is 15.6 Å². The van der Waals surface area contributed by atoms with Gasteiger partial charge in [0.2, 0.25) is 0 Å². The molecule has 0 saturated heterocycles. The van der Waals surface area contributed by atoms with Gasteiger partial charge in [-0.05, 0) is 49.2 Å². The molecular formula is C22H19F3N4O2. The number of nitrogens with zero attached hydrogens (tertiary/aromatic N) is 2. The highest BCUT2D eigenvalue weighted by Gasteiger charge is 2.30. The molecule has 0 atom stereocenters. The van der Waals surface area contributed by atoms with Gasteiger partial charge in [-0.2, -0.15) is 13.2 Å². The summed E-state index contributed by atoms with van der Waals surface area (Å²) in [5.74, 6) is -0.0460. The number of anilines is 2. The number of aryl methyl sites for hydroxylation is 2. The van der Waals surface area contributed by atoms with E-state index in [-0.39, 0.29) is 17.2 Å². The molecule has 0 radical (unpaired) electrons. The Morgan fingerprint density at radius 3 is 2.65 bits per heavy atom. The Labute approximate surface area is 176 Å². The summed E-state index contributed by atoms with van der Waals surface area (Å²) in [6.45, 7) is 2.52. The third-order valence-electron chi connectivity index (χ3n) is 5.15. The first kappa shape index (κ1) is 20.6. The highest BCUT2D eigenvalue weighted by molar-refractivity contribution is 6.07. The number of carbonyl (C=O) groups is 2. The van der Waals surface area contributed by atoms with E-state index in [9.17, 15) is 22.8 Å². The Kier molecular flexibility index (Phi) is 5.26. The van der Waals surface area contributed by atoms with Crippen molar-refractivity contribution in [1.29, 1.82) is 0 Å². The minimum absolute atomic E-state index is 0.0285. The van der Waals surface area contributed by atoms with E-state index in [1.807, 2.05) is 4.57 Å². The maximum Gasteiger partial charge on any atom is 0.416 e. The molecule has 0 bridgehead atoms. The Hall–Kier alpha value is -3.62. The molecule has 0 saturated carbocycles. The van der Waals surface area contributed by atoms with Crippen molar-refractivity contribution < 1.29 is 22.8 Å². The lowest BCUT2D eigenvalue weighted by molar-refractivity contribution is -0.137. The van der Waals surface area contributed by atoms with Gasteiger partial charge in [0.25, 0.3) is 11.8 Å². The molecule has 0 unspecified atom stereocenters. The molecule has 9 heteroatoms. The molecule has 31 heavy (non-hydrogen) atoms. The Morgan fingerprint density at radius 2 is 1.87 bits per heavy atom. The maximum absolute atomic E-state index is 12.9. The van der Waals surface area contributed by atoms with Crippen LogP contribution in [0.5, 0.6) is 0 Å². The van der Waals surface area contributed by atoms with Crippen LogP contribution in [0.3, 0.4) is 0 Å². The average molecular weight is 428 g/mol. The first-order valence-corrected chi connectivity index (χ1v) is 9.67. The number of alkyl halides is 3. The summed E-state index contributed by atoms with van der Waals surface area (Å²) in [7, 11) is 0. The maximum atomic E-state index is 12.9. The van der Waals surface area contributed by atoms with Crippen molar-refractivity contribution in [1.82, 2.24) is 9.55 Å². The fraction of sp³-hybridized carbons (Fsp3) is 0.227. The molecule has 0 fully saturated rings. The molecule has 6 nitrogen and oxygen atoms in total. The fourth-order valence-electron chi connectivity index (χ4n) is 3.50. The van der Waals surface area contributed by atoms with Crippen molar-refractivity contribution in [2.75, 3.05) is 10.6 Å². The van der Waals surface area contributed by atoms with Gasteiger partial charge in [0.15, 0.2) is 0 Å². The molecule has 0 spiro atoms. The summed E-state index contributed by atoms with van der Waals surface area (Å²) in [6.07, 6.45) is -1.20. The van der Waals surface area contributed by atoms with E-state index in [1.165, 1.54) is 24.4 Å². The lowest BCUT2D eigenvalue weighted by Gasteiger charge is -2.12. The molecule has 1 aliphatic rings. The van der Waals surface area contributed by atoms with Crippen molar-refractivity contribution in [2.45, 2.75) is 32.5 Å². The second-order valence-corrected chi connectivity index (χ2v) is 7.33. The zero-order chi connectivity index (χ0) is 22.2. The van der Waals surface area contributed by atoms with Gasteiger partial charge in [0, 0.05) is 29.9 Å². The molecule has 4 rings (SSSR count). The van der Waals surface area contributed by atoms with E-state index in [0.717, 1.165) is 42.9 Å². The predicted molar refractivity (Wildman–Crippen MR) is 109 cm³/mol. The fourth-order valence-corrected chi connectivity index (χ4v) is 3.50. The van der Waals surface area contributed by atoms with E-state index in [1.54, 1.807) is 19.1 Å². The molecule has 1 aliphatic heterocycles. The molecule has 3 aromatic rings. The topological polar surface area (TPSA) is 76.0 Å². The lowest BCUT2D eigenvalue weighted by atomic mass is 10.1. The summed E-state index contributed by atoms with van der Waals surface area (Å²) in [5.41, 5.74) is 1.01. The summed E-state index contributed by atoms with van der Waals surface area (Å²) < 4.78 is 40.5. The van der Waals surface area contributed by atoms with Crippen LogP contribution in [-0.2, 0) is 19.1 Å². The molecule has 2 heterocycles. The molecular weight excluding hydrogens is 409 g/mol. The van der Waals surface area contributed by atoms with Crippen LogP contribution in [0.15, 0.2) is 48.7 Å². The molecule has 2 N–H and O–H groups in total. The van der Waals surface area contributed by atoms with Gasteiger partial charge in [-0.1, -0.05) is 12.1 Å². The van der Waals surface area contributed by atoms with Gasteiger partial charge >= 0.3 is 6.18 Å². The summed E-state index contributed by atoms with van der Waals surface area (Å²) in [5, 5.41) is 5.27. The van der Waals surface area contributed by atoms with Crippen LogP contribution in [-0.4, -0.2) is 21.4 Å². The highest BCUT2D eigenvalue weighted by Crippen LogP contribution is 2.31. The molecule has 0 aliphatic carbocycles. The third kappa shape index (κ3) is 4.30. The van der Waals surface area contributed by atoms with E-state index < -0.39 is 17.6 Å². The number of imidazole rings is 1. The van der Waals surface area contributed by atoms with Gasteiger partial charge < -0.3 is 15.2 Å². The second-order valence-electron chi connectivity index (χ2n) is 7.33. The van der Waals surface area contributed by atoms with Crippen LogP contribution >= 0.6 is 0 Å². The van der Waals surface area contributed by atoms with Gasteiger partial charge in [-0.15, -0.1) is 0 Å². The summed E-state index contributed by atoms with van der Waals surface area (Å²) in [6, 6.07) is 9.12. The highest BCUT2D eigenvalue weighted by atomic mass is 19.4. The van der Waals surface area contributed by atoms with Crippen molar-refractivity contribution in [3.63, 3.8) is 0 Å². The van der Waals surface area contributed by atoms with Crippen molar-refractivity contribution in [3.05, 3.63) is 76.9 Å². The van der Waals surface area contributed by atoms with Gasteiger partial charge in [-0.3, -0.25) is 9.59 Å². The SMILES string of the molecule is Cc1ccc(C(=O)Nc2cccc(C(F)(F)F)c2)cc1NC(=O)c1cnc2n1CCC2. The third-order valence-corrected chi connectivity index (χ3v) is 5.15. The zero-order valence-corrected chi connectivity index (χ0v) is 16.6. The summed E-state index contributed by atoms with van der Waals surface area (Å²) in [4.78, 5) is 29.6. The Bertz CT molecular complexity index is 1170. The molecule has 2 amide bonds. The first-order valence-electron chi connectivity index (χ1n) is 9.67. The number of halogens is 3. The number of hydrogen-bond donors (Lipinski definition) is 2. The molecule has 1 aromatic heterocycles. The second kappa shape index (κ2) is 7.90. The number of carbonyl (C=O) groups excluding carboxylic acids is 2. The number of amides is 2. The predicted octanol–water partition coefficient (Wildman–Crippen LogP) is 4.66. The van der Waals surface area contributed by atoms with Crippen molar-refractivity contribution >= 4 is 23.2 Å². The summed E-state index contributed by atoms with van der Waals surface area (Å²) >= 11 is 0. The molecule has 2 aromatic carbocycles. The van der Waals surface area contributed by atoms with E-state index >= 15 is 0 Å². The van der Waals surface area contributed by atoms with Crippen molar-refractivity contribution in [3.8, 4) is 0 Å². The Balaban J connectivity index is 1.52. The van der Waals surface area contributed by atoms with Crippen LogP contribution < -0.4 is 10.6 Å². The number of aromatic nitrogens is 2. The Morgan fingerprint density at radius 1 is 1.06 bits per heavy atom. The van der Waals surface area contributed by atoms with Crippen molar-refractivity contribution in [2.24, 2.45) is 0 Å². The van der Waals surface area contributed by atoms with E-state index in [0.29, 0.717) is 11.4 Å². The van der Waals surface area contributed by atoms with E-state index in [4.69, 9.17) is 0 Å². The van der Waals surface area contributed by atoms with Gasteiger partial charge in [0.1, 0.15) is 11.5 Å². The largest absolute Gasteiger partial charge is 0.416 e. The normalized spacial score (nSPS) is 13.0. The van der Waals surface area contributed by atoms with Gasteiger partial charge in [-0.25, -0.2) is 4.98 Å². The average Bonchev–Trinajstić information content (AvgIpc) is 3.33. The van der Waals surface area contributed by atoms with Crippen LogP contribution in [0, 0.1) is 6.92 Å². The first-order chi connectivity index (χ1) is 14.7. The standard InChI is InChI=1S/C22H19F3N4O2/c1-13-7-8-14(20(30)27-16-5-2-4-15(11-16)22(23,24)25)10-17(13)28-21(31)18-12-26-19-6-3-9-29(18)19/h2,4-5,7-8,10-12H,3,6,9H2,1H3,(H,27,30)(H,28,31). The van der Waals surface area contributed by atoms with Crippen LogP contribution in [0.25, 0.3) is 0 Å². The number of hydrogen-bond acceptors (Lipinski definition) is 3. The number of rotatable bonds is 4. The minimum Gasteiger partial charge on any atom is -0.324 e. The minimum atomic E-state index is -4.50.